The Labute approximate surface area is 116 Å². The lowest BCUT2D eigenvalue weighted by molar-refractivity contribution is 0.104. The molecule has 1 saturated heterocycles. The fourth-order valence-electron chi connectivity index (χ4n) is 2.75. The number of nitrogens with zero attached hydrogens (tertiary/aromatic N) is 2. The second-order valence-corrected chi connectivity index (χ2v) is 5.48. The van der Waals surface area contributed by atoms with Crippen molar-refractivity contribution in [2.45, 2.75) is 18.5 Å². The molecule has 0 aliphatic carbocycles. The van der Waals surface area contributed by atoms with Crippen LogP contribution in [0, 0.1) is 0 Å². The van der Waals surface area contributed by atoms with Gasteiger partial charge in [-0.1, -0.05) is 18.2 Å². The zero-order valence-electron chi connectivity index (χ0n) is 12.2. The number of nitrogens with two attached hydrogens (primary N) is 1. The van der Waals surface area contributed by atoms with Crippen LogP contribution in [0.25, 0.3) is 0 Å². The van der Waals surface area contributed by atoms with Crippen LogP contribution >= 0.6 is 0 Å². The van der Waals surface area contributed by atoms with Gasteiger partial charge < -0.3 is 20.3 Å². The van der Waals surface area contributed by atoms with Gasteiger partial charge in [0.2, 0.25) is 0 Å². The highest BCUT2D eigenvalue weighted by molar-refractivity contribution is 5.35. The minimum Gasteiger partial charge on any atom is -0.496 e. The molecule has 1 heterocycles. The highest BCUT2D eigenvalue weighted by Crippen LogP contribution is 2.27. The lowest BCUT2D eigenvalue weighted by Gasteiger charge is -2.39. The second-order valence-electron chi connectivity index (χ2n) is 5.48. The molecule has 0 aromatic heterocycles. The highest BCUT2D eigenvalue weighted by Gasteiger charge is 2.25. The van der Waals surface area contributed by atoms with Crippen LogP contribution in [0.1, 0.15) is 18.0 Å². The maximum atomic E-state index is 6.38. The van der Waals surface area contributed by atoms with Gasteiger partial charge in [-0.05, 0) is 26.6 Å². The molecular formula is C15H25N3O. The standard InChI is InChI=1S/C15H25N3O/c1-17-8-9-18(2)12(11-17)10-14(16)13-6-4-5-7-15(13)19-3/h4-7,12,14H,8-11,16H2,1-3H3. The molecule has 1 aromatic carbocycles. The second kappa shape index (κ2) is 6.37. The van der Waals surface area contributed by atoms with Gasteiger partial charge in [-0.2, -0.15) is 0 Å². The van der Waals surface area contributed by atoms with Crippen molar-refractivity contribution in [3.05, 3.63) is 29.8 Å². The molecule has 19 heavy (non-hydrogen) atoms. The molecule has 4 nitrogen and oxygen atoms in total. The predicted octanol–water partition coefficient (Wildman–Crippen LogP) is 1.33. The van der Waals surface area contributed by atoms with Crippen LogP contribution < -0.4 is 10.5 Å². The monoisotopic (exact) mass is 263 g/mol. The van der Waals surface area contributed by atoms with E-state index < -0.39 is 0 Å². The molecule has 2 rings (SSSR count). The molecule has 1 fully saturated rings. The Morgan fingerprint density at radius 1 is 1.32 bits per heavy atom. The van der Waals surface area contributed by atoms with Crippen LogP contribution in [0.4, 0.5) is 0 Å². The van der Waals surface area contributed by atoms with Crippen LogP contribution in [0.2, 0.25) is 0 Å². The molecule has 2 N–H and O–H groups in total. The number of ether oxygens (including phenoxy) is 1. The van der Waals surface area contributed by atoms with Crippen LogP contribution in [-0.4, -0.2) is 56.7 Å². The maximum absolute atomic E-state index is 6.38. The van der Waals surface area contributed by atoms with E-state index in [4.69, 9.17) is 10.5 Å². The minimum atomic E-state index is 0.0232. The third-order valence-corrected chi connectivity index (χ3v) is 4.04. The average molecular weight is 263 g/mol. The first kappa shape index (κ1) is 14.3. The van der Waals surface area contributed by atoms with Crippen molar-refractivity contribution in [1.82, 2.24) is 9.80 Å². The Bertz CT molecular complexity index is 410. The van der Waals surface area contributed by atoms with Crippen molar-refractivity contribution in [3.8, 4) is 5.75 Å². The van der Waals surface area contributed by atoms with Crippen molar-refractivity contribution in [1.29, 1.82) is 0 Å². The number of methoxy groups -OCH3 is 1. The van der Waals surface area contributed by atoms with Gasteiger partial charge in [0.25, 0.3) is 0 Å². The first-order valence-electron chi connectivity index (χ1n) is 6.89. The number of likely N-dealkylation sites (N-methyl/N-ethyl adjacent to an activating group) is 2. The summed E-state index contributed by atoms with van der Waals surface area (Å²) < 4.78 is 5.40. The molecule has 0 bridgehead atoms. The van der Waals surface area contributed by atoms with E-state index in [0.29, 0.717) is 6.04 Å². The van der Waals surface area contributed by atoms with Gasteiger partial charge in [-0.15, -0.1) is 0 Å². The predicted molar refractivity (Wildman–Crippen MR) is 78.5 cm³/mol. The first-order valence-corrected chi connectivity index (χ1v) is 6.89. The fourth-order valence-corrected chi connectivity index (χ4v) is 2.75. The van der Waals surface area contributed by atoms with Gasteiger partial charge in [0, 0.05) is 37.3 Å². The van der Waals surface area contributed by atoms with Crippen LogP contribution in [0.15, 0.2) is 24.3 Å². The van der Waals surface area contributed by atoms with Gasteiger partial charge in [-0.25, -0.2) is 0 Å². The average Bonchev–Trinajstić information content (AvgIpc) is 2.42. The lowest BCUT2D eigenvalue weighted by Crippen LogP contribution is -2.50. The van der Waals surface area contributed by atoms with Crippen molar-refractivity contribution in [2.24, 2.45) is 5.73 Å². The van der Waals surface area contributed by atoms with Crippen LogP contribution in [-0.2, 0) is 0 Å². The van der Waals surface area contributed by atoms with E-state index in [-0.39, 0.29) is 6.04 Å². The van der Waals surface area contributed by atoms with E-state index in [2.05, 4.69) is 30.0 Å². The largest absolute Gasteiger partial charge is 0.496 e. The fraction of sp³-hybridized carbons (Fsp3) is 0.600. The quantitative estimate of drug-likeness (QED) is 0.890. The van der Waals surface area contributed by atoms with Gasteiger partial charge in [0.15, 0.2) is 0 Å². The van der Waals surface area contributed by atoms with E-state index >= 15 is 0 Å². The minimum absolute atomic E-state index is 0.0232. The molecule has 2 atom stereocenters. The summed E-state index contributed by atoms with van der Waals surface area (Å²) in [5, 5.41) is 0. The molecule has 1 aliphatic rings. The number of hydrogen-bond acceptors (Lipinski definition) is 4. The highest BCUT2D eigenvalue weighted by atomic mass is 16.5. The van der Waals surface area contributed by atoms with Gasteiger partial charge in [-0.3, -0.25) is 0 Å². The summed E-state index contributed by atoms with van der Waals surface area (Å²) in [6.45, 7) is 3.33. The maximum Gasteiger partial charge on any atom is 0.123 e. The van der Waals surface area contributed by atoms with E-state index in [1.807, 2.05) is 18.2 Å². The zero-order valence-corrected chi connectivity index (χ0v) is 12.2. The molecular weight excluding hydrogens is 238 g/mol. The van der Waals surface area contributed by atoms with Gasteiger partial charge >= 0.3 is 0 Å². The molecule has 0 amide bonds. The van der Waals surface area contributed by atoms with Gasteiger partial charge in [0.1, 0.15) is 5.75 Å². The van der Waals surface area contributed by atoms with Crippen molar-refractivity contribution >= 4 is 0 Å². The summed E-state index contributed by atoms with van der Waals surface area (Å²) in [6, 6.07) is 8.58. The van der Waals surface area contributed by atoms with Crippen molar-refractivity contribution < 1.29 is 4.74 Å². The van der Waals surface area contributed by atoms with E-state index in [1.165, 1.54) is 0 Å². The molecule has 1 aromatic rings. The van der Waals surface area contributed by atoms with Crippen molar-refractivity contribution in [3.63, 3.8) is 0 Å². The molecule has 106 valence electrons. The van der Waals surface area contributed by atoms with Crippen LogP contribution in [0.3, 0.4) is 0 Å². The number of benzene rings is 1. The SMILES string of the molecule is COc1ccccc1C(N)CC1CN(C)CCN1C. The Kier molecular flexibility index (Phi) is 4.80. The van der Waals surface area contributed by atoms with Crippen molar-refractivity contribution in [2.75, 3.05) is 40.8 Å². The van der Waals surface area contributed by atoms with E-state index in [9.17, 15) is 0 Å². The number of para-hydroxylation sites is 1. The molecule has 1 aliphatic heterocycles. The Balaban J connectivity index is 2.05. The summed E-state index contributed by atoms with van der Waals surface area (Å²) in [7, 11) is 6.06. The third kappa shape index (κ3) is 3.47. The van der Waals surface area contributed by atoms with Gasteiger partial charge in [0.05, 0.1) is 7.11 Å². The Hall–Kier alpha value is -1.10. The smallest absolute Gasteiger partial charge is 0.123 e. The Morgan fingerprint density at radius 3 is 2.79 bits per heavy atom. The number of hydrogen-bond donors (Lipinski definition) is 1. The van der Waals surface area contributed by atoms with Crippen LogP contribution in [0.5, 0.6) is 5.75 Å². The summed E-state index contributed by atoms with van der Waals surface area (Å²) >= 11 is 0. The Morgan fingerprint density at radius 2 is 2.05 bits per heavy atom. The summed E-state index contributed by atoms with van der Waals surface area (Å²) in [6.07, 6.45) is 0.960. The normalized spacial score (nSPS) is 23.3. The molecule has 0 spiro atoms. The lowest BCUT2D eigenvalue weighted by atomic mass is 9.97. The summed E-state index contributed by atoms with van der Waals surface area (Å²) in [5.74, 6) is 0.891. The summed E-state index contributed by atoms with van der Waals surface area (Å²) in [4.78, 5) is 4.79. The molecule has 2 unspecified atom stereocenters. The summed E-state index contributed by atoms with van der Waals surface area (Å²) in [5.41, 5.74) is 7.49. The molecule has 0 saturated carbocycles. The third-order valence-electron chi connectivity index (χ3n) is 4.04. The zero-order chi connectivity index (χ0) is 13.8. The molecule has 4 heteroatoms. The first-order chi connectivity index (χ1) is 9.11. The molecule has 0 radical (unpaired) electrons. The van der Waals surface area contributed by atoms with E-state index in [1.54, 1.807) is 7.11 Å². The van der Waals surface area contributed by atoms with E-state index in [0.717, 1.165) is 37.4 Å². The topological polar surface area (TPSA) is 41.7 Å². The number of piperazine rings is 1. The number of rotatable bonds is 4.